The van der Waals surface area contributed by atoms with Gasteiger partial charge in [-0.2, -0.15) is 0 Å². The monoisotopic (exact) mass is 434 g/mol. The van der Waals surface area contributed by atoms with Gasteiger partial charge >= 0.3 is 0 Å². The van der Waals surface area contributed by atoms with Gasteiger partial charge in [0, 0.05) is 37.6 Å². The van der Waals surface area contributed by atoms with Crippen LogP contribution in [0.5, 0.6) is 0 Å². The minimum absolute atomic E-state index is 0.00853. The third-order valence-electron chi connectivity index (χ3n) is 5.94. The fraction of sp³-hybridized carbons (Fsp3) is 0.727. The normalized spacial score (nSPS) is 18.7. The maximum Gasteiger partial charge on any atom is 0.259 e. The molecule has 0 spiro atoms. The average Bonchev–Trinajstić information content (AvgIpc) is 2.88. The van der Waals surface area contributed by atoms with E-state index < -0.39 is 5.60 Å². The first kappa shape index (κ1) is 21.9. The van der Waals surface area contributed by atoms with Crippen molar-refractivity contribution < 1.29 is 9.84 Å². The van der Waals surface area contributed by atoms with Crippen LogP contribution in [0.15, 0.2) is 4.79 Å². The summed E-state index contributed by atoms with van der Waals surface area (Å²) in [5.41, 5.74) is 0.412. The quantitative estimate of drug-likeness (QED) is 0.650. The molecule has 2 N–H and O–H groups in total. The molecule has 0 bridgehead atoms. The van der Waals surface area contributed by atoms with Gasteiger partial charge in [0.2, 0.25) is 0 Å². The number of aryl methyl sites for hydroxylation is 2. The van der Waals surface area contributed by atoms with E-state index in [4.69, 9.17) is 9.72 Å². The second-order valence-electron chi connectivity index (χ2n) is 9.23. The van der Waals surface area contributed by atoms with E-state index in [2.05, 4.69) is 14.8 Å². The predicted octanol–water partition coefficient (Wildman–Crippen LogP) is 2.16. The zero-order valence-corrected chi connectivity index (χ0v) is 19.0. The second-order valence-corrected chi connectivity index (χ2v) is 10.3. The van der Waals surface area contributed by atoms with E-state index in [-0.39, 0.29) is 5.56 Å². The van der Waals surface area contributed by atoms with E-state index in [1.54, 1.807) is 11.3 Å². The number of fused-ring (bicyclic) bond motifs is 3. The third kappa shape index (κ3) is 5.48. The van der Waals surface area contributed by atoms with E-state index in [9.17, 15) is 9.90 Å². The molecule has 0 unspecified atom stereocenters. The largest absolute Gasteiger partial charge is 0.389 e. The first-order chi connectivity index (χ1) is 14.4. The van der Waals surface area contributed by atoms with Crippen LogP contribution in [0.1, 0.15) is 49.4 Å². The van der Waals surface area contributed by atoms with Crippen molar-refractivity contribution in [2.24, 2.45) is 0 Å². The molecule has 1 aliphatic carbocycles. The zero-order valence-electron chi connectivity index (χ0n) is 18.2. The lowest BCUT2D eigenvalue weighted by Gasteiger charge is -2.32. The van der Waals surface area contributed by atoms with Gasteiger partial charge in [0.15, 0.2) is 0 Å². The Balaban J connectivity index is 1.53. The maximum absolute atomic E-state index is 12.9. The first-order valence-corrected chi connectivity index (χ1v) is 12.0. The van der Waals surface area contributed by atoms with Gasteiger partial charge in [-0.25, -0.2) is 4.98 Å². The molecule has 0 saturated carbocycles. The van der Waals surface area contributed by atoms with Crippen LogP contribution >= 0.6 is 11.3 Å². The molecule has 8 heteroatoms. The average molecular weight is 435 g/mol. The molecule has 1 aliphatic heterocycles. The minimum Gasteiger partial charge on any atom is -0.389 e. The standard InChI is InChI=1S/C22H34N4O3S/c1-22(2,28)15-26(9-8-25-10-12-29-13-11-25)14-18-23-20(27)19-16-6-4-3-5-7-17(16)30-21(19)24-18/h28H,3-15H2,1-2H3,(H,23,24,27). The Morgan fingerprint density at radius 2 is 2.00 bits per heavy atom. The van der Waals surface area contributed by atoms with Crippen molar-refractivity contribution in [3.05, 3.63) is 26.6 Å². The Bertz CT molecular complexity index is 911. The Hall–Kier alpha value is -1.32. The predicted molar refractivity (Wildman–Crippen MR) is 120 cm³/mol. The van der Waals surface area contributed by atoms with Crippen LogP contribution in [-0.2, 0) is 24.1 Å². The molecular weight excluding hydrogens is 400 g/mol. The van der Waals surface area contributed by atoms with E-state index in [1.807, 2.05) is 13.8 Å². The summed E-state index contributed by atoms with van der Waals surface area (Å²) < 4.78 is 5.44. The number of hydrogen-bond donors (Lipinski definition) is 2. The van der Waals surface area contributed by atoms with E-state index >= 15 is 0 Å². The van der Waals surface area contributed by atoms with Gasteiger partial charge in [-0.05, 0) is 45.1 Å². The summed E-state index contributed by atoms with van der Waals surface area (Å²) in [7, 11) is 0. The fourth-order valence-corrected chi connectivity index (χ4v) is 5.82. The summed E-state index contributed by atoms with van der Waals surface area (Å²) in [5, 5.41) is 11.2. The molecular formula is C22H34N4O3S. The number of rotatable bonds is 7. The molecule has 3 heterocycles. The van der Waals surface area contributed by atoms with Crippen molar-refractivity contribution >= 4 is 21.6 Å². The van der Waals surface area contributed by atoms with Crippen LogP contribution in [-0.4, -0.2) is 76.4 Å². The molecule has 166 valence electrons. The number of aromatic amines is 1. The van der Waals surface area contributed by atoms with E-state index in [0.717, 1.165) is 68.9 Å². The van der Waals surface area contributed by atoms with E-state index in [1.165, 1.54) is 23.3 Å². The number of H-pyrrole nitrogens is 1. The van der Waals surface area contributed by atoms with E-state index in [0.29, 0.717) is 18.9 Å². The number of aromatic nitrogens is 2. The molecule has 4 rings (SSSR count). The smallest absolute Gasteiger partial charge is 0.259 e. The van der Waals surface area contributed by atoms with Crippen molar-refractivity contribution in [1.82, 2.24) is 19.8 Å². The fourth-order valence-electron chi connectivity index (χ4n) is 4.54. The van der Waals surface area contributed by atoms with Crippen LogP contribution in [0.4, 0.5) is 0 Å². The van der Waals surface area contributed by atoms with Crippen molar-refractivity contribution in [2.45, 2.75) is 58.1 Å². The Labute approximate surface area is 182 Å². The molecule has 0 radical (unpaired) electrons. The Kier molecular flexibility index (Phi) is 6.89. The van der Waals surface area contributed by atoms with Crippen LogP contribution in [0.3, 0.4) is 0 Å². The molecule has 1 fully saturated rings. The number of ether oxygens (including phenoxy) is 1. The summed E-state index contributed by atoms with van der Waals surface area (Å²) in [6, 6.07) is 0. The van der Waals surface area contributed by atoms with Crippen molar-refractivity contribution in [2.75, 3.05) is 45.9 Å². The summed E-state index contributed by atoms with van der Waals surface area (Å²) in [6.07, 6.45) is 5.65. The highest BCUT2D eigenvalue weighted by molar-refractivity contribution is 7.18. The maximum atomic E-state index is 12.9. The number of hydrogen-bond acceptors (Lipinski definition) is 7. The minimum atomic E-state index is -0.810. The van der Waals surface area contributed by atoms with Gasteiger partial charge < -0.3 is 14.8 Å². The van der Waals surface area contributed by atoms with Crippen LogP contribution in [0.25, 0.3) is 10.2 Å². The number of nitrogens with zero attached hydrogens (tertiary/aromatic N) is 3. The molecule has 1 saturated heterocycles. The Morgan fingerprint density at radius 3 is 2.77 bits per heavy atom. The summed E-state index contributed by atoms with van der Waals surface area (Å²) in [5.74, 6) is 0.690. The molecule has 30 heavy (non-hydrogen) atoms. The van der Waals surface area contributed by atoms with Gasteiger partial charge in [-0.3, -0.25) is 14.6 Å². The van der Waals surface area contributed by atoms with Crippen LogP contribution < -0.4 is 5.56 Å². The number of aliphatic hydroxyl groups is 1. The van der Waals surface area contributed by atoms with Crippen molar-refractivity contribution in [3.8, 4) is 0 Å². The number of morpholine rings is 1. The van der Waals surface area contributed by atoms with Gasteiger partial charge in [0.1, 0.15) is 10.7 Å². The molecule has 0 atom stereocenters. The highest BCUT2D eigenvalue weighted by Crippen LogP contribution is 2.32. The lowest BCUT2D eigenvalue weighted by Crippen LogP contribution is -2.45. The number of nitrogens with one attached hydrogen (secondary N) is 1. The first-order valence-electron chi connectivity index (χ1n) is 11.2. The van der Waals surface area contributed by atoms with Gasteiger partial charge in [-0.15, -0.1) is 11.3 Å². The topological polar surface area (TPSA) is 81.7 Å². The van der Waals surface area contributed by atoms with Gasteiger partial charge in [-0.1, -0.05) is 6.42 Å². The molecule has 2 aliphatic rings. The highest BCUT2D eigenvalue weighted by Gasteiger charge is 2.23. The molecule has 2 aromatic heterocycles. The summed E-state index contributed by atoms with van der Waals surface area (Å²) in [4.78, 5) is 27.6. The van der Waals surface area contributed by atoms with Crippen LogP contribution in [0, 0.1) is 0 Å². The lowest BCUT2D eigenvalue weighted by molar-refractivity contribution is 0.0134. The molecule has 0 amide bonds. The molecule has 0 aromatic carbocycles. The van der Waals surface area contributed by atoms with Gasteiger partial charge in [0.05, 0.1) is 30.7 Å². The highest BCUT2D eigenvalue weighted by atomic mass is 32.1. The molecule has 2 aromatic rings. The SMILES string of the molecule is CC(C)(O)CN(CCN1CCOCC1)Cc1nc2sc3c(c2c(=O)[nH]1)CCCCC3. The Morgan fingerprint density at radius 1 is 1.23 bits per heavy atom. The molecule has 7 nitrogen and oxygen atoms in total. The third-order valence-corrected chi connectivity index (χ3v) is 7.13. The van der Waals surface area contributed by atoms with Crippen molar-refractivity contribution in [1.29, 1.82) is 0 Å². The summed E-state index contributed by atoms with van der Waals surface area (Å²) in [6.45, 7) is 9.87. The lowest BCUT2D eigenvalue weighted by atomic mass is 10.1. The second kappa shape index (κ2) is 9.44. The van der Waals surface area contributed by atoms with Crippen molar-refractivity contribution in [3.63, 3.8) is 0 Å². The summed E-state index contributed by atoms with van der Waals surface area (Å²) >= 11 is 1.70. The number of thiophene rings is 1. The zero-order chi connectivity index (χ0) is 21.1. The van der Waals surface area contributed by atoms with Crippen LogP contribution in [0.2, 0.25) is 0 Å². The van der Waals surface area contributed by atoms with Gasteiger partial charge in [0.25, 0.3) is 5.56 Å².